The first-order valence-corrected chi connectivity index (χ1v) is 8.67. The monoisotopic (exact) mass is 343 g/mol. The summed E-state index contributed by atoms with van der Waals surface area (Å²) in [5.41, 5.74) is 1.11. The van der Waals surface area contributed by atoms with E-state index in [4.69, 9.17) is 4.74 Å². The van der Waals surface area contributed by atoms with Crippen LogP contribution in [0.4, 0.5) is 4.79 Å². The molecule has 0 bridgehead atoms. The number of carbonyl (C=O) groups excluding carboxylic acids is 1. The van der Waals surface area contributed by atoms with Crippen molar-refractivity contribution in [3.05, 3.63) is 54.6 Å². The van der Waals surface area contributed by atoms with E-state index in [2.05, 4.69) is 26.6 Å². The summed E-state index contributed by atoms with van der Waals surface area (Å²) in [6, 6.07) is 7.89. The van der Waals surface area contributed by atoms with Crippen LogP contribution in [0.2, 0.25) is 0 Å². The minimum atomic E-state index is -0.144. The third kappa shape index (κ3) is 5.30. The minimum absolute atomic E-state index is 0.104. The molecule has 2 aromatic heterocycles. The van der Waals surface area contributed by atoms with Gasteiger partial charge in [-0.15, -0.1) is 0 Å². The molecule has 7 heteroatoms. The quantitative estimate of drug-likeness (QED) is 0.794. The maximum Gasteiger partial charge on any atom is 0.314 e. The fourth-order valence-electron chi connectivity index (χ4n) is 2.99. The standard InChI is InChI=1S/C18H25N5O2/c24-18(20-6-9-22-7-1-2-8-22)21-15-17(16-4-3-5-19-14-16)23-10-12-25-13-11-23/h1-5,7-8,14,17H,6,9-13,15H2,(H2,20,21,24)/t17-/m0/s1. The van der Waals surface area contributed by atoms with Crippen molar-refractivity contribution >= 4 is 6.03 Å². The summed E-state index contributed by atoms with van der Waals surface area (Å²) >= 11 is 0. The largest absolute Gasteiger partial charge is 0.379 e. The lowest BCUT2D eigenvalue weighted by atomic mass is 10.1. The predicted molar refractivity (Wildman–Crippen MR) is 95.2 cm³/mol. The molecule has 0 aliphatic carbocycles. The average molecular weight is 343 g/mol. The molecule has 0 aromatic carbocycles. The molecule has 0 radical (unpaired) electrons. The first-order valence-electron chi connectivity index (χ1n) is 8.67. The van der Waals surface area contributed by atoms with Crippen LogP contribution in [0, 0.1) is 0 Å². The second-order valence-electron chi connectivity index (χ2n) is 6.01. The Hall–Kier alpha value is -2.38. The van der Waals surface area contributed by atoms with Crippen molar-refractivity contribution < 1.29 is 9.53 Å². The van der Waals surface area contributed by atoms with Gasteiger partial charge in [0.25, 0.3) is 0 Å². The lowest BCUT2D eigenvalue weighted by Gasteiger charge is -2.34. The van der Waals surface area contributed by atoms with Crippen LogP contribution in [0.15, 0.2) is 49.1 Å². The van der Waals surface area contributed by atoms with Crippen LogP contribution in [0.25, 0.3) is 0 Å². The number of amides is 2. The fraction of sp³-hybridized carbons (Fsp3) is 0.444. The highest BCUT2D eigenvalue weighted by Crippen LogP contribution is 2.20. The normalized spacial score (nSPS) is 16.3. The van der Waals surface area contributed by atoms with Gasteiger partial charge in [0.2, 0.25) is 0 Å². The van der Waals surface area contributed by atoms with Crippen molar-refractivity contribution in [1.82, 2.24) is 25.1 Å². The number of rotatable bonds is 7. The van der Waals surface area contributed by atoms with Gasteiger partial charge in [-0.05, 0) is 23.8 Å². The highest BCUT2D eigenvalue weighted by molar-refractivity contribution is 5.73. The van der Waals surface area contributed by atoms with Gasteiger partial charge in [-0.25, -0.2) is 4.79 Å². The summed E-state index contributed by atoms with van der Waals surface area (Å²) in [4.78, 5) is 18.7. The SMILES string of the molecule is O=C(NCCn1cccc1)NC[C@@H](c1cccnc1)N1CCOCC1. The molecule has 2 N–H and O–H groups in total. The molecule has 0 saturated carbocycles. The lowest BCUT2D eigenvalue weighted by molar-refractivity contribution is 0.0166. The Morgan fingerprint density at radius 1 is 1.20 bits per heavy atom. The molecule has 1 fully saturated rings. The van der Waals surface area contributed by atoms with Gasteiger partial charge in [0.15, 0.2) is 0 Å². The maximum atomic E-state index is 12.1. The molecule has 1 atom stereocenters. The van der Waals surface area contributed by atoms with Gasteiger partial charge < -0.3 is 19.9 Å². The Balaban J connectivity index is 1.50. The van der Waals surface area contributed by atoms with Crippen molar-refractivity contribution in [1.29, 1.82) is 0 Å². The first kappa shape index (κ1) is 17.4. The highest BCUT2D eigenvalue weighted by atomic mass is 16.5. The van der Waals surface area contributed by atoms with E-state index in [0.717, 1.165) is 38.4 Å². The Morgan fingerprint density at radius 3 is 2.72 bits per heavy atom. The number of aromatic nitrogens is 2. The van der Waals surface area contributed by atoms with E-state index in [1.54, 1.807) is 6.20 Å². The van der Waals surface area contributed by atoms with Crippen LogP contribution in [-0.4, -0.2) is 59.9 Å². The van der Waals surface area contributed by atoms with E-state index in [1.807, 2.05) is 41.4 Å². The Morgan fingerprint density at radius 2 is 2.00 bits per heavy atom. The number of hydrogen-bond acceptors (Lipinski definition) is 4. The number of nitrogens with one attached hydrogen (secondary N) is 2. The Bertz CT molecular complexity index is 626. The van der Waals surface area contributed by atoms with Gasteiger partial charge >= 0.3 is 6.03 Å². The number of hydrogen-bond donors (Lipinski definition) is 2. The molecule has 25 heavy (non-hydrogen) atoms. The van der Waals surface area contributed by atoms with Gasteiger partial charge in [-0.2, -0.15) is 0 Å². The molecule has 1 saturated heterocycles. The minimum Gasteiger partial charge on any atom is -0.379 e. The van der Waals surface area contributed by atoms with E-state index >= 15 is 0 Å². The number of carbonyl (C=O) groups is 1. The van der Waals surface area contributed by atoms with Gasteiger partial charge in [0.05, 0.1) is 19.3 Å². The molecule has 2 aromatic rings. The second-order valence-corrected chi connectivity index (χ2v) is 6.01. The molecular formula is C18H25N5O2. The van der Waals surface area contributed by atoms with E-state index in [9.17, 15) is 4.79 Å². The van der Waals surface area contributed by atoms with Crippen molar-refractivity contribution in [2.45, 2.75) is 12.6 Å². The van der Waals surface area contributed by atoms with Crippen LogP contribution in [0.3, 0.4) is 0 Å². The Kier molecular flexibility index (Phi) is 6.42. The molecule has 134 valence electrons. The lowest BCUT2D eigenvalue weighted by Crippen LogP contribution is -2.46. The number of ether oxygens (including phenoxy) is 1. The number of nitrogens with zero attached hydrogens (tertiary/aromatic N) is 3. The maximum absolute atomic E-state index is 12.1. The van der Waals surface area contributed by atoms with E-state index in [1.165, 1.54) is 0 Å². The second kappa shape index (κ2) is 9.19. The molecule has 1 aliphatic rings. The summed E-state index contributed by atoms with van der Waals surface area (Å²) in [7, 11) is 0. The molecule has 2 amide bonds. The van der Waals surface area contributed by atoms with E-state index in [-0.39, 0.29) is 12.1 Å². The zero-order valence-electron chi connectivity index (χ0n) is 14.3. The number of urea groups is 1. The summed E-state index contributed by atoms with van der Waals surface area (Å²) in [6.45, 7) is 5.05. The van der Waals surface area contributed by atoms with Gasteiger partial charge in [0, 0.05) is 57.5 Å². The van der Waals surface area contributed by atoms with Gasteiger partial charge in [-0.1, -0.05) is 6.07 Å². The van der Waals surface area contributed by atoms with E-state index in [0.29, 0.717) is 13.1 Å². The summed E-state index contributed by atoms with van der Waals surface area (Å²) in [5.74, 6) is 0. The van der Waals surface area contributed by atoms with E-state index < -0.39 is 0 Å². The first-order chi connectivity index (χ1) is 12.3. The van der Waals surface area contributed by atoms with Gasteiger partial charge in [0.1, 0.15) is 0 Å². The van der Waals surface area contributed by atoms with Crippen LogP contribution in [0.1, 0.15) is 11.6 Å². The van der Waals surface area contributed by atoms with Gasteiger partial charge in [-0.3, -0.25) is 9.88 Å². The summed E-state index contributed by atoms with van der Waals surface area (Å²) in [5, 5.41) is 5.89. The summed E-state index contributed by atoms with van der Waals surface area (Å²) < 4.78 is 7.47. The third-order valence-electron chi connectivity index (χ3n) is 4.33. The topological polar surface area (TPSA) is 71.4 Å². The average Bonchev–Trinajstić information content (AvgIpc) is 3.17. The van der Waals surface area contributed by atoms with Crippen LogP contribution in [-0.2, 0) is 11.3 Å². The number of morpholine rings is 1. The smallest absolute Gasteiger partial charge is 0.314 e. The molecule has 3 rings (SSSR count). The third-order valence-corrected chi connectivity index (χ3v) is 4.33. The predicted octanol–water partition coefficient (Wildman–Crippen LogP) is 1.26. The zero-order chi connectivity index (χ0) is 17.3. The van der Waals surface area contributed by atoms with Crippen molar-refractivity contribution in [3.8, 4) is 0 Å². The van der Waals surface area contributed by atoms with Crippen molar-refractivity contribution in [3.63, 3.8) is 0 Å². The van der Waals surface area contributed by atoms with Crippen molar-refractivity contribution in [2.75, 3.05) is 39.4 Å². The van der Waals surface area contributed by atoms with Crippen molar-refractivity contribution in [2.24, 2.45) is 0 Å². The van der Waals surface area contributed by atoms with Crippen LogP contribution < -0.4 is 10.6 Å². The number of pyridine rings is 1. The molecule has 1 aliphatic heterocycles. The Labute approximate surface area is 148 Å². The molecule has 0 unspecified atom stereocenters. The van der Waals surface area contributed by atoms with Crippen LogP contribution >= 0.6 is 0 Å². The summed E-state index contributed by atoms with van der Waals surface area (Å²) in [6.07, 6.45) is 7.60. The highest BCUT2D eigenvalue weighted by Gasteiger charge is 2.23. The molecule has 0 spiro atoms. The molecular weight excluding hydrogens is 318 g/mol. The zero-order valence-corrected chi connectivity index (χ0v) is 14.3. The molecule has 3 heterocycles. The molecule has 7 nitrogen and oxygen atoms in total. The van der Waals surface area contributed by atoms with Crippen LogP contribution in [0.5, 0.6) is 0 Å². The fourth-order valence-corrected chi connectivity index (χ4v) is 2.99.